The van der Waals surface area contributed by atoms with Crippen LogP contribution in [0.15, 0.2) is 64.2 Å². The van der Waals surface area contributed by atoms with Gasteiger partial charge in [0, 0.05) is 12.7 Å². The van der Waals surface area contributed by atoms with E-state index in [0.717, 1.165) is 16.9 Å². The number of carbonyl (C=O) groups excluding carboxylic acids is 1. The Kier molecular flexibility index (Phi) is 6.62. The third kappa shape index (κ3) is 5.22. The fraction of sp³-hybridized carbons (Fsp3) is 0.143. The summed E-state index contributed by atoms with van der Waals surface area (Å²) < 4.78 is 32.0. The third-order valence-corrected chi connectivity index (χ3v) is 7.60. The first-order valence-electron chi connectivity index (χ1n) is 9.07. The third-order valence-electron chi connectivity index (χ3n) is 4.44. The Morgan fingerprint density at radius 2 is 1.84 bits per heavy atom. The van der Waals surface area contributed by atoms with Gasteiger partial charge in [-0.3, -0.25) is 9.10 Å². The maximum atomic E-state index is 12.6. The number of thiophene rings is 1. The predicted octanol–water partition coefficient (Wildman–Crippen LogP) is 3.60. The van der Waals surface area contributed by atoms with Crippen LogP contribution in [0.3, 0.4) is 0 Å². The molecular weight excluding hydrogens is 440 g/mol. The minimum absolute atomic E-state index is 0.0685. The number of carboxylic acid groups (broad SMARTS) is 1. The van der Waals surface area contributed by atoms with E-state index in [-0.39, 0.29) is 16.4 Å². The molecule has 1 amide bonds. The number of ether oxygens (including phenoxy) is 1. The lowest BCUT2D eigenvalue weighted by molar-refractivity contribution is -0.118. The summed E-state index contributed by atoms with van der Waals surface area (Å²) in [5.41, 5.74) is 1.63. The van der Waals surface area contributed by atoms with Crippen molar-refractivity contribution in [2.45, 2.75) is 11.1 Å². The van der Waals surface area contributed by atoms with Crippen LogP contribution in [0, 0.1) is 6.92 Å². The van der Waals surface area contributed by atoms with Crippen LogP contribution in [0.5, 0.6) is 5.75 Å². The lowest BCUT2D eigenvalue weighted by Gasteiger charge is -2.18. The number of amides is 1. The number of anilines is 2. The molecule has 1 aromatic heterocycles. The van der Waals surface area contributed by atoms with Crippen LogP contribution >= 0.6 is 11.3 Å². The van der Waals surface area contributed by atoms with E-state index >= 15 is 0 Å². The normalized spacial score (nSPS) is 11.0. The number of aromatic carboxylic acids is 1. The highest BCUT2D eigenvalue weighted by molar-refractivity contribution is 7.94. The second-order valence-electron chi connectivity index (χ2n) is 6.57. The van der Waals surface area contributed by atoms with Gasteiger partial charge in [0.15, 0.2) is 6.61 Å². The summed E-state index contributed by atoms with van der Waals surface area (Å²) in [4.78, 5) is 23.3. The molecule has 162 valence electrons. The number of carbonyl (C=O) groups is 2. The second-order valence-corrected chi connectivity index (χ2v) is 9.71. The summed E-state index contributed by atoms with van der Waals surface area (Å²) in [6.07, 6.45) is 0. The summed E-state index contributed by atoms with van der Waals surface area (Å²) in [6, 6.07) is 14.0. The Balaban J connectivity index is 1.61. The molecule has 2 aromatic carbocycles. The monoisotopic (exact) mass is 460 g/mol. The van der Waals surface area contributed by atoms with E-state index in [9.17, 15) is 18.0 Å². The van der Waals surface area contributed by atoms with Crippen molar-refractivity contribution in [3.05, 3.63) is 71.1 Å². The number of hydrogen-bond acceptors (Lipinski definition) is 6. The number of hydrogen-bond donors (Lipinski definition) is 2. The van der Waals surface area contributed by atoms with E-state index in [1.165, 1.54) is 23.5 Å². The molecule has 0 spiro atoms. The van der Waals surface area contributed by atoms with E-state index in [4.69, 9.17) is 9.84 Å². The van der Waals surface area contributed by atoms with E-state index < -0.39 is 21.9 Å². The van der Waals surface area contributed by atoms with Gasteiger partial charge in [-0.1, -0.05) is 12.1 Å². The molecule has 0 saturated carbocycles. The Morgan fingerprint density at radius 3 is 2.45 bits per heavy atom. The highest BCUT2D eigenvalue weighted by atomic mass is 32.2. The number of carboxylic acids is 1. The van der Waals surface area contributed by atoms with Gasteiger partial charge >= 0.3 is 5.97 Å². The Bertz CT molecular complexity index is 1190. The number of sulfonamides is 1. The molecule has 0 aliphatic rings. The predicted molar refractivity (Wildman–Crippen MR) is 119 cm³/mol. The van der Waals surface area contributed by atoms with Gasteiger partial charge in [-0.25, -0.2) is 13.2 Å². The van der Waals surface area contributed by atoms with Crippen LogP contribution in [-0.2, 0) is 14.8 Å². The number of nitrogens with zero attached hydrogens (tertiary/aromatic N) is 1. The van der Waals surface area contributed by atoms with Crippen molar-refractivity contribution in [1.29, 1.82) is 0 Å². The Morgan fingerprint density at radius 1 is 1.13 bits per heavy atom. The molecule has 0 saturated heterocycles. The zero-order chi connectivity index (χ0) is 22.6. The van der Waals surface area contributed by atoms with Gasteiger partial charge in [0.05, 0.1) is 11.3 Å². The second kappa shape index (κ2) is 9.19. The fourth-order valence-electron chi connectivity index (χ4n) is 2.66. The van der Waals surface area contributed by atoms with Crippen molar-refractivity contribution in [2.75, 3.05) is 23.3 Å². The minimum atomic E-state index is -3.63. The van der Waals surface area contributed by atoms with Gasteiger partial charge in [0.25, 0.3) is 15.9 Å². The molecule has 2 N–H and O–H groups in total. The largest absolute Gasteiger partial charge is 0.484 e. The highest BCUT2D eigenvalue weighted by Gasteiger charge is 2.22. The first kappa shape index (κ1) is 22.3. The smallest absolute Gasteiger partial charge is 0.335 e. The molecule has 8 nitrogen and oxygen atoms in total. The van der Waals surface area contributed by atoms with Crippen LogP contribution in [0.25, 0.3) is 0 Å². The first-order chi connectivity index (χ1) is 14.7. The van der Waals surface area contributed by atoms with E-state index in [0.29, 0.717) is 17.1 Å². The molecular formula is C21H20N2O6S2. The fourth-order valence-corrected chi connectivity index (χ4v) is 5.02. The molecule has 0 unspecified atom stereocenters. The average molecular weight is 461 g/mol. The Labute approximate surface area is 183 Å². The van der Waals surface area contributed by atoms with E-state index in [1.807, 2.05) is 0 Å². The maximum absolute atomic E-state index is 12.6. The lowest BCUT2D eigenvalue weighted by atomic mass is 10.1. The molecule has 10 heteroatoms. The topological polar surface area (TPSA) is 113 Å². The molecule has 0 fully saturated rings. The summed E-state index contributed by atoms with van der Waals surface area (Å²) >= 11 is 1.14. The molecule has 0 bridgehead atoms. The summed E-state index contributed by atoms with van der Waals surface area (Å²) in [6.45, 7) is 1.46. The molecule has 3 rings (SSSR count). The quantitative estimate of drug-likeness (QED) is 0.531. The van der Waals surface area contributed by atoms with Gasteiger partial charge in [-0.2, -0.15) is 0 Å². The molecule has 31 heavy (non-hydrogen) atoms. The number of nitrogens with one attached hydrogen (secondary N) is 1. The molecule has 0 radical (unpaired) electrons. The first-order valence-corrected chi connectivity index (χ1v) is 11.4. The summed E-state index contributed by atoms with van der Waals surface area (Å²) in [7, 11) is -2.17. The van der Waals surface area contributed by atoms with Crippen LogP contribution in [0.4, 0.5) is 11.4 Å². The number of benzene rings is 2. The zero-order valence-corrected chi connectivity index (χ0v) is 18.4. The van der Waals surface area contributed by atoms with Crippen LogP contribution < -0.4 is 14.4 Å². The van der Waals surface area contributed by atoms with E-state index in [2.05, 4.69) is 5.32 Å². The number of rotatable bonds is 8. The van der Waals surface area contributed by atoms with Crippen LogP contribution in [0.2, 0.25) is 0 Å². The summed E-state index contributed by atoms with van der Waals surface area (Å²) in [5.74, 6) is -1.15. The van der Waals surface area contributed by atoms with Crippen LogP contribution in [0.1, 0.15) is 15.9 Å². The number of aryl methyl sites for hydroxylation is 1. The standard InChI is InChI=1S/C21H20N2O6S2/c1-14-5-6-15(21(25)26)12-18(14)22-19(24)13-29-17-9-7-16(8-10-17)23(2)31(27,28)20-4-3-11-30-20/h3-12H,13H2,1-2H3,(H,22,24)(H,25,26). The van der Waals surface area contributed by atoms with Crippen LogP contribution in [-0.4, -0.2) is 39.1 Å². The van der Waals surface area contributed by atoms with Crippen molar-refractivity contribution < 1.29 is 27.9 Å². The molecule has 3 aromatic rings. The maximum Gasteiger partial charge on any atom is 0.335 e. The molecule has 0 aliphatic carbocycles. The zero-order valence-electron chi connectivity index (χ0n) is 16.7. The molecule has 0 atom stereocenters. The van der Waals surface area contributed by atoms with E-state index in [1.54, 1.807) is 54.8 Å². The van der Waals surface area contributed by atoms with Gasteiger partial charge in [0.1, 0.15) is 9.96 Å². The SMILES string of the molecule is Cc1ccc(C(=O)O)cc1NC(=O)COc1ccc(N(C)S(=O)(=O)c2cccs2)cc1. The lowest BCUT2D eigenvalue weighted by Crippen LogP contribution is -2.25. The highest BCUT2D eigenvalue weighted by Crippen LogP contribution is 2.26. The Hall–Kier alpha value is -3.37. The molecule has 1 heterocycles. The van der Waals surface area contributed by atoms with Crippen molar-refractivity contribution in [2.24, 2.45) is 0 Å². The van der Waals surface area contributed by atoms with Crippen molar-refractivity contribution >= 4 is 44.6 Å². The average Bonchev–Trinajstić information content (AvgIpc) is 3.29. The minimum Gasteiger partial charge on any atom is -0.484 e. The molecule has 0 aliphatic heterocycles. The summed E-state index contributed by atoms with van der Waals surface area (Å²) in [5, 5.41) is 13.4. The van der Waals surface area contributed by atoms with Gasteiger partial charge < -0.3 is 15.2 Å². The van der Waals surface area contributed by atoms with Crippen molar-refractivity contribution in [3.8, 4) is 5.75 Å². The van der Waals surface area contributed by atoms with Crippen molar-refractivity contribution in [1.82, 2.24) is 0 Å². The van der Waals surface area contributed by atoms with Gasteiger partial charge in [-0.15, -0.1) is 11.3 Å². The van der Waals surface area contributed by atoms with Crippen molar-refractivity contribution in [3.63, 3.8) is 0 Å². The van der Waals surface area contributed by atoms with Gasteiger partial charge in [0.2, 0.25) is 0 Å². The van der Waals surface area contributed by atoms with Gasteiger partial charge in [-0.05, 0) is 60.3 Å².